The molecule has 1 fully saturated rings. The summed E-state index contributed by atoms with van der Waals surface area (Å²) in [7, 11) is 2.22. The molecule has 0 bridgehead atoms. The van der Waals surface area contributed by atoms with Crippen molar-refractivity contribution in [1.82, 2.24) is 4.90 Å². The minimum absolute atomic E-state index is 0.299. The van der Waals surface area contributed by atoms with Crippen LogP contribution in [0.2, 0.25) is 0 Å². The van der Waals surface area contributed by atoms with Crippen molar-refractivity contribution in [1.29, 1.82) is 0 Å². The van der Waals surface area contributed by atoms with E-state index in [0.29, 0.717) is 5.41 Å². The van der Waals surface area contributed by atoms with Crippen LogP contribution in [0.4, 0.5) is 0 Å². The zero-order valence-electron chi connectivity index (χ0n) is 10.8. The third-order valence-corrected chi connectivity index (χ3v) is 4.05. The maximum atomic E-state index is 5.47. The minimum Gasteiger partial charge on any atom is -0.379 e. The van der Waals surface area contributed by atoms with Gasteiger partial charge in [0.15, 0.2) is 0 Å². The number of likely N-dealkylation sites (N-methyl/N-ethyl adjacent to an activating group) is 1. The average Bonchev–Trinajstić information content (AvgIpc) is 2.25. The topological polar surface area (TPSA) is 12.5 Å². The van der Waals surface area contributed by atoms with Crippen LogP contribution < -0.4 is 0 Å². The molecular weight excluding hydrogens is 210 g/mol. The van der Waals surface area contributed by atoms with Crippen molar-refractivity contribution in [2.45, 2.75) is 31.7 Å². The molecule has 2 aliphatic heterocycles. The molecule has 2 nitrogen and oxygen atoms in total. The molecule has 1 aromatic rings. The van der Waals surface area contributed by atoms with Crippen molar-refractivity contribution in [2.75, 3.05) is 26.8 Å². The van der Waals surface area contributed by atoms with Crippen LogP contribution in [0, 0.1) is 0 Å². The monoisotopic (exact) mass is 231 g/mol. The standard InChI is InChI=1S/C15H21NO/c1-3-4-12-5-6-14-13(7-12)8-16(2)9-15(14)10-17-11-15/h5-7H,3-4,8-11H2,1-2H3. The van der Waals surface area contributed by atoms with Crippen LogP contribution in [0.5, 0.6) is 0 Å². The quantitative estimate of drug-likeness (QED) is 0.774. The van der Waals surface area contributed by atoms with Gasteiger partial charge >= 0.3 is 0 Å². The Morgan fingerprint density at radius 3 is 2.82 bits per heavy atom. The lowest BCUT2D eigenvalue weighted by atomic mass is 9.73. The van der Waals surface area contributed by atoms with Crippen molar-refractivity contribution in [3.8, 4) is 0 Å². The van der Waals surface area contributed by atoms with E-state index in [1.54, 1.807) is 5.56 Å². The summed E-state index contributed by atoms with van der Waals surface area (Å²) in [5, 5.41) is 0. The summed E-state index contributed by atoms with van der Waals surface area (Å²) >= 11 is 0. The molecule has 1 spiro atoms. The number of benzene rings is 1. The largest absolute Gasteiger partial charge is 0.379 e. The Bertz CT molecular complexity index is 423. The molecule has 17 heavy (non-hydrogen) atoms. The van der Waals surface area contributed by atoms with Crippen molar-refractivity contribution >= 4 is 0 Å². The van der Waals surface area contributed by atoms with Gasteiger partial charge in [-0.3, -0.25) is 0 Å². The fourth-order valence-corrected chi connectivity index (χ4v) is 3.28. The molecule has 2 heteroatoms. The molecule has 0 radical (unpaired) electrons. The molecule has 0 saturated carbocycles. The highest BCUT2D eigenvalue weighted by Gasteiger charge is 2.44. The summed E-state index contributed by atoms with van der Waals surface area (Å²) in [6, 6.07) is 7.08. The third-order valence-electron chi connectivity index (χ3n) is 4.05. The molecule has 3 rings (SSSR count). The lowest BCUT2D eigenvalue weighted by Crippen LogP contribution is -2.56. The van der Waals surface area contributed by atoms with E-state index in [0.717, 1.165) is 26.3 Å². The van der Waals surface area contributed by atoms with Gasteiger partial charge in [-0.15, -0.1) is 0 Å². The van der Waals surface area contributed by atoms with E-state index in [2.05, 4.69) is 37.1 Å². The summed E-state index contributed by atoms with van der Waals surface area (Å²) in [4.78, 5) is 2.43. The Morgan fingerprint density at radius 2 is 2.18 bits per heavy atom. The van der Waals surface area contributed by atoms with Gasteiger partial charge in [0.05, 0.1) is 18.6 Å². The second-order valence-corrected chi connectivity index (χ2v) is 5.69. The fraction of sp³-hybridized carbons (Fsp3) is 0.600. The van der Waals surface area contributed by atoms with Crippen LogP contribution in [0.15, 0.2) is 18.2 Å². The Kier molecular flexibility index (Phi) is 2.72. The van der Waals surface area contributed by atoms with Crippen LogP contribution in [0.3, 0.4) is 0 Å². The summed E-state index contributed by atoms with van der Waals surface area (Å²) in [6.07, 6.45) is 2.42. The van der Waals surface area contributed by atoms with E-state index in [1.165, 1.54) is 24.0 Å². The minimum atomic E-state index is 0.299. The predicted octanol–water partition coefficient (Wildman–Crippen LogP) is 2.35. The van der Waals surface area contributed by atoms with Crippen molar-refractivity contribution < 1.29 is 4.74 Å². The zero-order valence-corrected chi connectivity index (χ0v) is 10.8. The number of hydrogen-bond acceptors (Lipinski definition) is 2. The molecule has 0 amide bonds. The Labute approximate surface area is 104 Å². The van der Waals surface area contributed by atoms with Crippen molar-refractivity contribution in [3.05, 3.63) is 34.9 Å². The van der Waals surface area contributed by atoms with Crippen molar-refractivity contribution in [2.24, 2.45) is 0 Å². The molecule has 92 valence electrons. The lowest BCUT2D eigenvalue weighted by molar-refractivity contribution is -0.0789. The van der Waals surface area contributed by atoms with Crippen LogP contribution in [-0.2, 0) is 23.1 Å². The summed E-state index contributed by atoms with van der Waals surface area (Å²) in [6.45, 7) is 6.28. The average molecular weight is 231 g/mol. The first-order chi connectivity index (χ1) is 8.23. The van der Waals surface area contributed by atoms with Crippen molar-refractivity contribution in [3.63, 3.8) is 0 Å². The summed E-state index contributed by atoms with van der Waals surface area (Å²) in [5.74, 6) is 0. The molecule has 1 saturated heterocycles. The number of nitrogens with zero attached hydrogens (tertiary/aromatic N) is 1. The highest BCUT2D eigenvalue weighted by atomic mass is 16.5. The highest BCUT2D eigenvalue weighted by Crippen LogP contribution is 2.39. The fourth-order valence-electron chi connectivity index (χ4n) is 3.28. The van der Waals surface area contributed by atoms with Gasteiger partial charge in [0.1, 0.15) is 0 Å². The molecule has 0 aliphatic carbocycles. The normalized spacial score (nSPS) is 22.2. The molecule has 0 atom stereocenters. The number of fused-ring (bicyclic) bond motifs is 2. The van der Waals surface area contributed by atoms with E-state index >= 15 is 0 Å². The number of rotatable bonds is 2. The van der Waals surface area contributed by atoms with Gasteiger partial charge in [0, 0.05) is 13.1 Å². The number of aryl methyl sites for hydroxylation is 1. The number of hydrogen-bond donors (Lipinski definition) is 0. The molecule has 1 aromatic carbocycles. The first kappa shape index (κ1) is 11.2. The second kappa shape index (κ2) is 4.11. The van der Waals surface area contributed by atoms with Crippen LogP contribution in [0.1, 0.15) is 30.0 Å². The maximum Gasteiger partial charge on any atom is 0.0598 e. The van der Waals surface area contributed by atoms with E-state index in [-0.39, 0.29) is 0 Å². The summed E-state index contributed by atoms with van der Waals surface area (Å²) < 4.78 is 5.47. The third kappa shape index (κ3) is 1.80. The lowest BCUT2D eigenvalue weighted by Gasteiger charge is -2.48. The van der Waals surface area contributed by atoms with Gasteiger partial charge in [-0.2, -0.15) is 0 Å². The molecule has 2 heterocycles. The Hall–Kier alpha value is -0.860. The maximum absolute atomic E-state index is 5.47. The van der Waals surface area contributed by atoms with Gasteiger partial charge in [-0.1, -0.05) is 31.5 Å². The van der Waals surface area contributed by atoms with E-state index < -0.39 is 0 Å². The van der Waals surface area contributed by atoms with Crippen LogP contribution in [-0.4, -0.2) is 31.7 Å². The molecule has 2 aliphatic rings. The smallest absolute Gasteiger partial charge is 0.0598 e. The van der Waals surface area contributed by atoms with E-state index in [1.807, 2.05) is 0 Å². The molecule has 0 N–H and O–H groups in total. The van der Waals surface area contributed by atoms with E-state index in [9.17, 15) is 0 Å². The first-order valence-corrected chi connectivity index (χ1v) is 6.62. The number of ether oxygens (including phenoxy) is 1. The van der Waals surface area contributed by atoms with Gasteiger partial charge < -0.3 is 9.64 Å². The highest BCUT2D eigenvalue weighted by molar-refractivity contribution is 5.41. The molecule has 0 unspecified atom stereocenters. The van der Waals surface area contributed by atoms with Gasteiger partial charge in [-0.05, 0) is 30.2 Å². The predicted molar refractivity (Wildman–Crippen MR) is 69.3 cm³/mol. The zero-order chi connectivity index (χ0) is 11.9. The summed E-state index contributed by atoms with van der Waals surface area (Å²) in [5.41, 5.74) is 4.85. The van der Waals surface area contributed by atoms with Crippen LogP contribution in [0.25, 0.3) is 0 Å². The Balaban J connectivity index is 1.99. The SMILES string of the molecule is CCCc1ccc2c(c1)CN(C)CC21COC1. The van der Waals surface area contributed by atoms with Gasteiger partial charge in [0.2, 0.25) is 0 Å². The van der Waals surface area contributed by atoms with Gasteiger partial charge in [0.25, 0.3) is 0 Å². The molecule has 0 aromatic heterocycles. The van der Waals surface area contributed by atoms with Gasteiger partial charge in [-0.25, -0.2) is 0 Å². The van der Waals surface area contributed by atoms with Crippen LogP contribution >= 0.6 is 0 Å². The second-order valence-electron chi connectivity index (χ2n) is 5.69. The van der Waals surface area contributed by atoms with E-state index in [4.69, 9.17) is 4.74 Å². The Morgan fingerprint density at radius 1 is 1.35 bits per heavy atom. The molecular formula is C15H21NO. The first-order valence-electron chi connectivity index (χ1n) is 6.62.